The van der Waals surface area contributed by atoms with Gasteiger partial charge < -0.3 is 5.32 Å². The van der Waals surface area contributed by atoms with E-state index in [1.165, 1.54) is 10.6 Å². The zero-order chi connectivity index (χ0) is 15.7. The van der Waals surface area contributed by atoms with Crippen LogP contribution in [0, 0.1) is 6.92 Å². The number of nitrogens with one attached hydrogen (secondary N) is 2. The third-order valence-electron chi connectivity index (χ3n) is 2.76. The molecule has 0 atom stereocenters. The molecule has 7 nitrogen and oxygen atoms in total. The summed E-state index contributed by atoms with van der Waals surface area (Å²) < 4.78 is 41.5. The van der Waals surface area contributed by atoms with E-state index in [9.17, 15) is 13.2 Å². The molecular weight excluding hydrogens is 301 g/mol. The third-order valence-corrected chi connectivity index (χ3v) is 2.76. The maximum absolute atomic E-state index is 12.1. The van der Waals surface area contributed by atoms with Crippen LogP contribution >= 0.6 is 0 Å². The van der Waals surface area contributed by atoms with Crippen molar-refractivity contribution in [1.82, 2.24) is 24.8 Å². The Hall–Kier alpha value is -2.62. The number of aryl methyl sites for hydroxylation is 1. The van der Waals surface area contributed by atoms with Crippen LogP contribution in [-0.2, 0) is 11.3 Å². The molecule has 0 saturated heterocycles. The summed E-state index contributed by atoms with van der Waals surface area (Å²) in [5.74, 6) is 1.06. The van der Waals surface area contributed by atoms with Crippen LogP contribution < -0.4 is 5.32 Å². The Bertz CT molecular complexity index is 780. The van der Waals surface area contributed by atoms with Gasteiger partial charge in [0, 0.05) is 6.07 Å². The number of hydrogen-bond donors (Lipinski definition) is 2. The Morgan fingerprint density at radius 2 is 2.23 bits per heavy atom. The lowest BCUT2D eigenvalue weighted by Crippen LogP contribution is -2.13. The molecule has 0 saturated carbocycles. The minimum Gasteiger partial charge on any atom is -0.324 e. The Morgan fingerprint density at radius 1 is 1.41 bits per heavy atom. The van der Waals surface area contributed by atoms with Gasteiger partial charge in [0.15, 0.2) is 5.82 Å². The lowest BCUT2D eigenvalue weighted by Gasteiger charge is -2.05. The number of H-pyrrole nitrogens is 1. The average molecular weight is 312 g/mol. The summed E-state index contributed by atoms with van der Waals surface area (Å²) in [6, 6.07) is 3.18. The molecule has 22 heavy (non-hydrogen) atoms. The molecule has 0 aromatic carbocycles. The van der Waals surface area contributed by atoms with Crippen LogP contribution in [0.3, 0.4) is 0 Å². The number of rotatable bonds is 4. The smallest absolute Gasteiger partial charge is 0.324 e. The van der Waals surface area contributed by atoms with Crippen LogP contribution in [0.25, 0.3) is 5.52 Å². The van der Waals surface area contributed by atoms with Crippen molar-refractivity contribution in [3.05, 3.63) is 35.9 Å². The van der Waals surface area contributed by atoms with E-state index in [2.05, 4.69) is 30.3 Å². The predicted molar refractivity (Wildman–Crippen MR) is 70.4 cm³/mol. The van der Waals surface area contributed by atoms with Gasteiger partial charge in [-0.1, -0.05) is 0 Å². The van der Waals surface area contributed by atoms with Crippen LogP contribution in [0.1, 0.15) is 11.4 Å². The summed E-state index contributed by atoms with van der Waals surface area (Å²) in [6.07, 6.45) is -1.51. The Balaban J connectivity index is 1.92. The summed E-state index contributed by atoms with van der Waals surface area (Å²) in [5.41, 5.74) is 1.33. The van der Waals surface area contributed by atoms with Gasteiger partial charge in [-0.25, -0.2) is 9.50 Å². The predicted octanol–water partition coefficient (Wildman–Crippen LogP) is 2.54. The number of nitrogens with zero attached hydrogens (tertiary/aromatic N) is 4. The molecule has 3 aromatic rings. The fraction of sp³-hybridized carbons (Fsp3) is 0.250. The topological polar surface area (TPSA) is 80.1 Å². The summed E-state index contributed by atoms with van der Waals surface area (Å²) in [6.45, 7) is 1.10. The highest BCUT2D eigenvalue weighted by molar-refractivity contribution is 5.72. The fourth-order valence-electron chi connectivity index (χ4n) is 1.93. The lowest BCUT2D eigenvalue weighted by molar-refractivity contribution is -0.330. The van der Waals surface area contributed by atoms with Gasteiger partial charge in [-0.2, -0.15) is 10.2 Å². The maximum Gasteiger partial charge on any atom is 0.522 e. The monoisotopic (exact) mass is 312 g/mol. The first-order chi connectivity index (χ1) is 10.4. The molecule has 3 heterocycles. The molecule has 0 bridgehead atoms. The highest BCUT2D eigenvalue weighted by Crippen LogP contribution is 2.22. The molecule has 3 aromatic heterocycles. The number of halogens is 3. The van der Waals surface area contributed by atoms with Gasteiger partial charge in [0.2, 0.25) is 0 Å². The van der Waals surface area contributed by atoms with Gasteiger partial charge in [0.1, 0.15) is 17.9 Å². The number of aromatic amines is 1. The largest absolute Gasteiger partial charge is 0.522 e. The van der Waals surface area contributed by atoms with Crippen LogP contribution in [0.2, 0.25) is 0 Å². The number of aromatic nitrogens is 5. The molecule has 3 rings (SSSR count). The van der Waals surface area contributed by atoms with Crippen molar-refractivity contribution in [3.8, 4) is 0 Å². The highest BCUT2D eigenvalue weighted by Gasteiger charge is 2.29. The van der Waals surface area contributed by atoms with E-state index in [-0.39, 0.29) is 5.69 Å². The molecule has 0 aliphatic rings. The number of ether oxygens (including phenoxy) is 1. The average Bonchev–Trinajstić information content (AvgIpc) is 3.04. The first-order valence-electron chi connectivity index (χ1n) is 6.24. The van der Waals surface area contributed by atoms with Crippen LogP contribution in [-0.4, -0.2) is 31.2 Å². The van der Waals surface area contributed by atoms with Crippen molar-refractivity contribution in [3.63, 3.8) is 0 Å². The first kappa shape index (κ1) is 14.3. The second-order valence-corrected chi connectivity index (χ2v) is 4.53. The molecule has 116 valence electrons. The van der Waals surface area contributed by atoms with Crippen molar-refractivity contribution in [1.29, 1.82) is 0 Å². The van der Waals surface area contributed by atoms with E-state index in [1.807, 2.05) is 0 Å². The molecule has 0 aliphatic heterocycles. The van der Waals surface area contributed by atoms with Crippen molar-refractivity contribution >= 4 is 17.2 Å². The van der Waals surface area contributed by atoms with Gasteiger partial charge in [-0.05, 0) is 13.0 Å². The molecule has 2 N–H and O–H groups in total. The minimum absolute atomic E-state index is 0.150. The lowest BCUT2D eigenvalue weighted by atomic mass is 10.3. The molecular formula is C12H11F3N6O. The van der Waals surface area contributed by atoms with Crippen LogP contribution in [0.4, 0.5) is 24.8 Å². The summed E-state index contributed by atoms with van der Waals surface area (Å²) >= 11 is 0. The fourth-order valence-corrected chi connectivity index (χ4v) is 1.93. The number of anilines is 2. The second-order valence-electron chi connectivity index (χ2n) is 4.53. The van der Waals surface area contributed by atoms with E-state index in [1.54, 1.807) is 25.4 Å². The Labute approximate surface area is 122 Å². The summed E-state index contributed by atoms with van der Waals surface area (Å²) in [7, 11) is 0. The molecule has 0 radical (unpaired) electrons. The van der Waals surface area contributed by atoms with Gasteiger partial charge in [0.05, 0.1) is 23.8 Å². The number of fused-ring (bicyclic) bond motifs is 1. The Morgan fingerprint density at radius 3 is 2.91 bits per heavy atom. The zero-order valence-corrected chi connectivity index (χ0v) is 11.3. The van der Waals surface area contributed by atoms with Gasteiger partial charge >= 0.3 is 6.36 Å². The molecule has 0 aliphatic carbocycles. The number of alkyl halides is 3. The normalized spacial score (nSPS) is 12.0. The second kappa shape index (κ2) is 5.30. The molecule has 0 amide bonds. The quantitative estimate of drug-likeness (QED) is 0.774. The first-order valence-corrected chi connectivity index (χ1v) is 6.24. The molecule has 0 fully saturated rings. The maximum atomic E-state index is 12.1. The van der Waals surface area contributed by atoms with Crippen molar-refractivity contribution < 1.29 is 17.9 Å². The van der Waals surface area contributed by atoms with E-state index in [0.29, 0.717) is 22.8 Å². The van der Waals surface area contributed by atoms with E-state index < -0.39 is 13.0 Å². The standard InChI is InChI=1S/C12H11F3N6O/c1-7-5-21-9(4-8(20-21)6-22-12(13,14)15)11(17-7)18-10-2-3-16-19-10/h2-5H,6H2,1H3,(H2,16,17,18,19). The molecule has 0 spiro atoms. The van der Waals surface area contributed by atoms with E-state index in [0.717, 1.165) is 0 Å². The van der Waals surface area contributed by atoms with Gasteiger partial charge in [-0.3, -0.25) is 9.84 Å². The molecule has 10 heteroatoms. The molecule has 0 unspecified atom stereocenters. The van der Waals surface area contributed by atoms with Crippen LogP contribution in [0.15, 0.2) is 24.5 Å². The van der Waals surface area contributed by atoms with E-state index >= 15 is 0 Å². The SMILES string of the molecule is Cc1cn2nc(COC(F)(F)F)cc2c(Nc2ccn[nH]2)n1. The van der Waals surface area contributed by atoms with Crippen molar-refractivity contribution in [2.24, 2.45) is 0 Å². The van der Waals surface area contributed by atoms with E-state index in [4.69, 9.17) is 0 Å². The summed E-state index contributed by atoms with van der Waals surface area (Å²) in [4.78, 5) is 4.32. The zero-order valence-electron chi connectivity index (χ0n) is 11.3. The van der Waals surface area contributed by atoms with Crippen molar-refractivity contribution in [2.75, 3.05) is 5.32 Å². The highest BCUT2D eigenvalue weighted by atomic mass is 19.4. The van der Waals surface area contributed by atoms with Gasteiger partial charge in [0.25, 0.3) is 0 Å². The van der Waals surface area contributed by atoms with Crippen LogP contribution in [0.5, 0.6) is 0 Å². The van der Waals surface area contributed by atoms with Crippen molar-refractivity contribution in [2.45, 2.75) is 19.9 Å². The third kappa shape index (κ3) is 3.17. The van der Waals surface area contributed by atoms with Gasteiger partial charge in [-0.15, -0.1) is 13.2 Å². The number of hydrogen-bond acceptors (Lipinski definition) is 5. The Kier molecular flexibility index (Phi) is 3.45. The summed E-state index contributed by atoms with van der Waals surface area (Å²) in [5, 5.41) is 13.6. The minimum atomic E-state index is -4.69.